The molecule has 136 valence electrons. The standard InChI is InChI=1S/C21H20N4O2/c1-12-19-24-17-9-5-3-7-15(17)21(27)25(19)18(20(26)23-12)10-13-11-22-16-8-4-2-6-14(13)16/h2-9,11-12,18-19,22,24H,10H2,1H3,(H,23,26)/t12-,18+,19+/m0/s1. The van der Waals surface area contributed by atoms with Crippen molar-refractivity contribution >= 4 is 28.4 Å². The van der Waals surface area contributed by atoms with Crippen LogP contribution in [0.4, 0.5) is 5.69 Å². The van der Waals surface area contributed by atoms with Crippen molar-refractivity contribution in [3.05, 3.63) is 65.9 Å². The minimum absolute atomic E-state index is 0.0964. The van der Waals surface area contributed by atoms with E-state index in [1.54, 1.807) is 11.0 Å². The van der Waals surface area contributed by atoms with E-state index in [0.717, 1.165) is 22.2 Å². The third-order valence-corrected chi connectivity index (χ3v) is 5.57. The number of fused-ring (bicyclic) bond motifs is 3. The van der Waals surface area contributed by atoms with Gasteiger partial charge in [0.1, 0.15) is 12.2 Å². The molecule has 2 aromatic carbocycles. The minimum atomic E-state index is -0.557. The second-order valence-electron chi connectivity index (χ2n) is 7.22. The van der Waals surface area contributed by atoms with Crippen molar-refractivity contribution in [2.45, 2.75) is 31.6 Å². The summed E-state index contributed by atoms with van der Waals surface area (Å²) in [4.78, 5) is 31.0. The molecule has 3 N–H and O–H groups in total. The number of nitrogens with one attached hydrogen (secondary N) is 3. The van der Waals surface area contributed by atoms with Crippen molar-refractivity contribution < 1.29 is 9.59 Å². The van der Waals surface area contributed by atoms with E-state index in [4.69, 9.17) is 0 Å². The SMILES string of the molecule is C[C@@H]1NC(=O)[C@@H](Cc2c[nH]c3ccccc23)N2C(=O)c3ccccc3N[C@@H]12. The van der Waals surface area contributed by atoms with Crippen molar-refractivity contribution in [3.63, 3.8) is 0 Å². The van der Waals surface area contributed by atoms with Crippen LogP contribution in [0.2, 0.25) is 0 Å². The molecule has 0 bridgehead atoms. The monoisotopic (exact) mass is 360 g/mol. The Bertz CT molecular complexity index is 1060. The fraction of sp³-hybridized carbons (Fsp3) is 0.238. The Kier molecular flexibility index (Phi) is 3.47. The highest BCUT2D eigenvalue weighted by Crippen LogP contribution is 2.32. The number of nitrogens with zero attached hydrogens (tertiary/aromatic N) is 1. The topological polar surface area (TPSA) is 77.2 Å². The molecule has 5 rings (SSSR count). The van der Waals surface area contributed by atoms with Crippen LogP contribution in [0.15, 0.2) is 54.7 Å². The highest BCUT2D eigenvalue weighted by Gasteiger charge is 2.46. The van der Waals surface area contributed by atoms with Crippen LogP contribution in [0.5, 0.6) is 0 Å². The number of carbonyl (C=O) groups excluding carboxylic acids is 2. The van der Waals surface area contributed by atoms with Crippen LogP contribution < -0.4 is 10.6 Å². The van der Waals surface area contributed by atoms with Gasteiger partial charge in [0.15, 0.2) is 0 Å². The normalized spacial score (nSPS) is 24.2. The van der Waals surface area contributed by atoms with Gasteiger partial charge in [-0.3, -0.25) is 9.59 Å². The minimum Gasteiger partial charge on any atom is -0.363 e. The fourth-order valence-electron chi connectivity index (χ4n) is 4.22. The molecule has 0 radical (unpaired) electrons. The first-order valence-corrected chi connectivity index (χ1v) is 9.17. The number of H-pyrrole nitrogens is 1. The Morgan fingerprint density at radius 2 is 1.78 bits per heavy atom. The molecule has 0 spiro atoms. The third kappa shape index (κ3) is 2.40. The molecule has 3 atom stereocenters. The Hall–Kier alpha value is -3.28. The average Bonchev–Trinajstić information content (AvgIpc) is 3.08. The summed E-state index contributed by atoms with van der Waals surface area (Å²) in [6.07, 6.45) is 2.13. The molecule has 2 amide bonds. The molecule has 6 heteroatoms. The molecule has 3 aromatic rings. The van der Waals surface area contributed by atoms with Crippen LogP contribution in [-0.2, 0) is 11.2 Å². The van der Waals surface area contributed by atoms with E-state index in [1.807, 2.05) is 55.6 Å². The van der Waals surface area contributed by atoms with Crippen LogP contribution >= 0.6 is 0 Å². The van der Waals surface area contributed by atoms with E-state index in [0.29, 0.717) is 12.0 Å². The predicted octanol–water partition coefficient (Wildman–Crippen LogP) is 2.49. The van der Waals surface area contributed by atoms with Crippen LogP contribution in [0, 0.1) is 0 Å². The first kappa shape index (κ1) is 15.9. The number of aromatic nitrogens is 1. The Labute approximate surface area is 156 Å². The van der Waals surface area contributed by atoms with Gasteiger partial charge in [0.25, 0.3) is 5.91 Å². The largest absolute Gasteiger partial charge is 0.363 e. The smallest absolute Gasteiger partial charge is 0.258 e. The maximum atomic E-state index is 13.2. The zero-order valence-corrected chi connectivity index (χ0v) is 14.9. The number of para-hydroxylation sites is 2. The summed E-state index contributed by atoms with van der Waals surface area (Å²) in [7, 11) is 0. The van der Waals surface area contributed by atoms with Gasteiger partial charge in [-0.25, -0.2) is 0 Å². The first-order valence-electron chi connectivity index (χ1n) is 9.17. The van der Waals surface area contributed by atoms with E-state index in [1.165, 1.54) is 0 Å². The second-order valence-corrected chi connectivity index (χ2v) is 7.22. The maximum Gasteiger partial charge on any atom is 0.258 e. The molecule has 0 saturated carbocycles. The lowest BCUT2D eigenvalue weighted by Crippen LogP contribution is -2.70. The van der Waals surface area contributed by atoms with Gasteiger partial charge in [0, 0.05) is 29.2 Å². The average molecular weight is 360 g/mol. The van der Waals surface area contributed by atoms with Gasteiger partial charge in [0.2, 0.25) is 5.91 Å². The molecule has 2 aliphatic rings. The summed E-state index contributed by atoms with van der Waals surface area (Å²) in [5.74, 6) is -0.209. The van der Waals surface area contributed by atoms with E-state index < -0.39 is 6.04 Å². The summed E-state index contributed by atoms with van der Waals surface area (Å²) in [5, 5.41) is 7.55. The number of hydrogen-bond donors (Lipinski definition) is 3. The Morgan fingerprint density at radius 3 is 2.67 bits per heavy atom. The number of rotatable bonds is 2. The number of hydrogen-bond acceptors (Lipinski definition) is 3. The molecule has 2 aliphatic heterocycles. The van der Waals surface area contributed by atoms with Gasteiger partial charge in [-0.2, -0.15) is 0 Å². The molecule has 6 nitrogen and oxygen atoms in total. The Balaban J connectivity index is 1.55. The molecule has 0 aliphatic carbocycles. The lowest BCUT2D eigenvalue weighted by atomic mass is 9.94. The molecule has 0 unspecified atom stereocenters. The van der Waals surface area contributed by atoms with E-state index in [9.17, 15) is 9.59 Å². The van der Waals surface area contributed by atoms with Gasteiger partial charge in [0.05, 0.1) is 11.6 Å². The van der Waals surface area contributed by atoms with E-state index in [-0.39, 0.29) is 24.0 Å². The highest BCUT2D eigenvalue weighted by atomic mass is 16.2. The molecule has 1 fully saturated rings. The number of benzene rings is 2. The van der Waals surface area contributed by atoms with Crippen molar-refractivity contribution in [3.8, 4) is 0 Å². The number of carbonyl (C=O) groups is 2. The van der Waals surface area contributed by atoms with Gasteiger partial charge in [-0.1, -0.05) is 30.3 Å². The predicted molar refractivity (Wildman–Crippen MR) is 103 cm³/mol. The first-order chi connectivity index (χ1) is 13.1. The zero-order valence-electron chi connectivity index (χ0n) is 14.9. The van der Waals surface area contributed by atoms with Crippen LogP contribution in [0.3, 0.4) is 0 Å². The summed E-state index contributed by atoms with van der Waals surface area (Å²) < 4.78 is 0. The lowest BCUT2D eigenvalue weighted by molar-refractivity contribution is -0.130. The van der Waals surface area contributed by atoms with Crippen molar-refractivity contribution in [1.29, 1.82) is 0 Å². The fourth-order valence-corrected chi connectivity index (χ4v) is 4.22. The lowest BCUT2D eigenvalue weighted by Gasteiger charge is -2.48. The second kappa shape index (κ2) is 5.87. The highest BCUT2D eigenvalue weighted by molar-refractivity contribution is 6.04. The van der Waals surface area contributed by atoms with Crippen molar-refractivity contribution in [2.75, 3.05) is 5.32 Å². The van der Waals surface area contributed by atoms with Crippen LogP contribution in [0.25, 0.3) is 10.9 Å². The number of anilines is 1. The summed E-state index contributed by atoms with van der Waals surface area (Å²) in [6.45, 7) is 1.92. The molecular formula is C21H20N4O2. The van der Waals surface area contributed by atoms with Gasteiger partial charge >= 0.3 is 0 Å². The third-order valence-electron chi connectivity index (χ3n) is 5.57. The van der Waals surface area contributed by atoms with Gasteiger partial charge < -0.3 is 20.5 Å². The van der Waals surface area contributed by atoms with E-state index in [2.05, 4.69) is 15.6 Å². The number of aromatic amines is 1. The van der Waals surface area contributed by atoms with Gasteiger partial charge in [-0.05, 0) is 30.7 Å². The zero-order chi connectivity index (χ0) is 18.5. The molecule has 1 aromatic heterocycles. The molecular weight excluding hydrogens is 340 g/mol. The maximum absolute atomic E-state index is 13.2. The Morgan fingerprint density at radius 1 is 1.00 bits per heavy atom. The summed E-state index contributed by atoms with van der Waals surface area (Å²) in [6, 6.07) is 14.7. The molecule has 3 heterocycles. The quantitative estimate of drug-likeness (QED) is 0.657. The molecule has 27 heavy (non-hydrogen) atoms. The summed E-state index contributed by atoms with van der Waals surface area (Å²) in [5.41, 5.74) is 3.49. The van der Waals surface area contributed by atoms with Crippen molar-refractivity contribution in [2.24, 2.45) is 0 Å². The van der Waals surface area contributed by atoms with Crippen LogP contribution in [-0.4, -0.2) is 39.9 Å². The van der Waals surface area contributed by atoms with E-state index >= 15 is 0 Å². The van der Waals surface area contributed by atoms with Gasteiger partial charge in [-0.15, -0.1) is 0 Å². The van der Waals surface area contributed by atoms with Crippen molar-refractivity contribution in [1.82, 2.24) is 15.2 Å². The molecule has 1 saturated heterocycles. The van der Waals surface area contributed by atoms with Crippen LogP contribution in [0.1, 0.15) is 22.8 Å². The number of piperazine rings is 1. The summed E-state index contributed by atoms with van der Waals surface area (Å²) >= 11 is 0. The number of amides is 2.